The van der Waals surface area contributed by atoms with Crippen LogP contribution in [0.25, 0.3) is 0 Å². The molecule has 1 unspecified atom stereocenters. The second-order valence-corrected chi connectivity index (χ2v) is 5.47. The smallest absolute Gasteiger partial charge is 0.251 e. The molecule has 21 heavy (non-hydrogen) atoms. The van der Waals surface area contributed by atoms with Crippen molar-refractivity contribution in [3.8, 4) is 0 Å². The Bertz CT molecular complexity index is 655. The SMILES string of the molecule is CNC(=O)c1ccc(NC(C)c2cccc(Cl)c2)c(C)c1. The number of hydrogen-bond acceptors (Lipinski definition) is 2. The lowest BCUT2D eigenvalue weighted by Gasteiger charge is -2.18. The second-order valence-electron chi connectivity index (χ2n) is 5.03. The highest BCUT2D eigenvalue weighted by Gasteiger charge is 2.09. The molecule has 0 fully saturated rings. The van der Waals surface area contributed by atoms with Crippen molar-refractivity contribution in [1.29, 1.82) is 0 Å². The zero-order chi connectivity index (χ0) is 15.4. The molecule has 1 amide bonds. The third-order valence-corrected chi connectivity index (χ3v) is 3.67. The zero-order valence-corrected chi connectivity index (χ0v) is 13.2. The lowest BCUT2D eigenvalue weighted by Crippen LogP contribution is -2.18. The van der Waals surface area contributed by atoms with Gasteiger partial charge in [0.1, 0.15) is 0 Å². The van der Waals surface area contributed by atoms with Crippen molar-refractivity contribution >= 4 is 23.2 Å². The molecular formula is C17H19ClN2O. The number of nitrogens with one attached hydrogen (secondary N) is 2. The van der Waals surface area contributed by atoms with E-state index in [0.29, 0.717) is 5.56 Å². The molecule has 0 radical (unpaired) electrons. The number of anilines is 1. The van der Waals surface area contributed by atoms with Crippen molar-refractivity contribution in [2.24, 2.45) is 0 Å². The first kappa shape index (κ1) is 15.4. The van der Waals surface area contributed by atoms with Crippen LogP contribution in [0, 0.1) is 6.92 Å². The number of hydrogen-bond donors (Lipinski definition) is 2. The van der Waals surface area contributed by atoms with Gasteiger partial charge in [-0.3, -0.25) is 4.79 Å². The van der Waals surface area contributed by atoms with Crippen LogP contribution in [-0.4, -0.2) is 13.0 Å². The second kappa shape index (κ2) is 6.64. The molecule has 110 valence electrons. The van der Waals surface area contributed by atoms with E-state index in [2.05, 4.69) is 17.6 Å². The Morgan fingerprint density at radius 3 is 2.57 bits per heavy atom. The summed E-state index contributed by atoms with van der Waals surface area (Å²) in [5.41, 5.74) is 3.83. The van der Waals surface area contributed by atoms with Crippen LogP contribution >= 0.6 is 11.6 Å². The van der Waals surface area contributed by atoms with Crippen molar-refractivity contribution in [1.82, 2.24) is 5.32 Å². The average Bonchev–Trinajstić information content (AvgIpc) is 2.48. The lowest BCUT2D eigenvalue weighted by molar-refractivity contribution is 0.0963. The molecule has 0 aromatic heterocycles. The zero-order valence-electron chi connectivity index (χ0n) is 12.4. The van der Waals surface area contributed by atoms with Crippen LogP contribution in [0.4, 0.5) is 5.69 Å². The van der Waals surface area contributed by atoms with Crippen molar-refractivity contribution in [3.63, 3.8) is 0 Å². The molecule has 4 heteroatoms. The Labute approximate surface area is 130 Å². The molecule has 1 atom stereocenters. The van der Waals surface area contributed by atoms with E-state index in [4.69, 9.17) is 11.6 Å². The Kier molecular flexibility index (Phi) is 4.86. The summed E-state index contributed by atoms with van der Waals surface area (Å²) in [6, 6.07) is 13.6. The van der Waals surface area contributed by atoms with E-state index in [1.165, 1.54) is 0 Å². The third kappa shape index (κ3) is 3.76. The maximum Gasteiger partial charge on any atom is 0.251 e. The third-order valence-electron chi connectivity index (χ3n) is 3.44. The number of benzene rings is 2. The summed E-state index contributed by atoms with van der Waals surface area (Å²) in [5, 5.41) is 6.80. The van der Waals surface area contributed by atoms with E-state index in [1.54, 1.807) is 7.05 Å². The number of rotatable bonds is 4. The van der Waals surface area contributed by atoms with E-state index < -0.39 is 0 Å². The first-order chi connectivity index (χ1) is 10.0. The highest BCUT2D eigenvalue weighted by molar-refractivity contribution is 6.30. The van der Waals surface area contributed by atoms with Gasteiger partial charge < -0.3 is 10.6 Å². The van der Waals surface area contributed by atoms with Crippen molar-refractivity contribution in [2.75, 3.05) is 12.4 Å². The van der Waals surface area contributed by atoms with Gasteiger partial charge in [-0.05, 0) is 55.3 Å². The van der Waals surface area contributed by atoms with Gasteiger partial charge >= 0.3 is 0 Å². The summed E-state index contributed by atoms with van der Waals surface area (Å²) in [5.74, 6) is -0.0764. The first-order valence-corrected chi connectivity index (χ1v) is 7.24. The summed E-state index contributed by atoms with van der Waals surface area (Å²) in [6.45, 7) is 4.07. The molecule has 0 heterocycles. The molecule has 3 nitrogen and oxygen atoms in total. The van der Waals surface area contributed by atoms with E-state index >= 15 is 0 Å². The Balaban J connectivity index is 2.18. The standard InChI is InChI=1S/C17H19ClN2O/c1-11-9-14(17(21)19-3)7-8-16(11)20-12(2)13-5-4-6-15(18)10-13/h4-10,12,20H,1-3H3,(H,19,21). The molecule has 2 aromatic rings. The molecule has 2 N–H and O–H groups in total. The summed E-state index contributed by atoms with van der Waals surface area (Å²) < 4.78 is 0. The minimum Gasteiger partial charge on any atom is -0.378 e. The van der Waals surface area contributed by atoms with Gasteiger partial charge in [0, 0.05) is 29.4 Å². The van der Waals surface area contributed by atoms with Crippen LogP contribution in [0.5, 0.6) is 0 Å². The van der Waals surface area contributed by atoms with Crippen LogP contribution in [0.2, 0.25) is 5.02 Å². The normalized spacial score (nSPS) is 11.8. The number of amides is 1. The number of halogens is 1. The maximum atomic E-state index is 11.6. The predicted octanol–water partition coefficient (Wildman–Crippen LogP) is 4.18. The van der Waals surface area contributed by atoms with Gasteiger partial charge in [-0.2, -0.15) is 0 Å². The van der Waals surface area contributed by atoms with E-state index in [9.17, 15) is 4.79 Å². The van der Waals surface area contributed by atoms with Gasteiger partial charge in [0.15, 0.2) is 0 Å². The summed E-state index contributed by atoms with van der Waals surface area (Å²) in [4.78, 5) is 11.6. The summed E-state index contributed by atoms with van der Waals surface area (Å²) >= 11 is 6.02. The Hall–Kier alpha value is -2.00. The highest BCUT2D eigenvalue weighted by atomic mass is 35.5. The average molecular weight is 303 g/mol. The summed E-state index contributed by atoms with van der Waals surface area (Å²) in [7, 11) is 1.63. The molecule has 2 rings (SSSR count). The highest BCUT2D eigenvalue weighted by Crippen LogP contribution is 2.24. The molecule has 0 saturated heterocycles. The number of aryl methyl sites for hydroxylation is 1. The van der Waals surface area contributed by atoms with Crippen LogP contribution in [0.15, 0.2) is 42.5 Å². The fraction of sp³-hybridized carbons (Fsp3) is 0.235. The van der Waals surface area contributed by atoms with E-state index in [1.807, 2.05) is 49.4 Å². The minimum atomic E-state index is -0.0764. The predicted molar refractivity (Wildman–Crippen MR) is 88.1 cm³/mol. The van der Waals surface area contributed by atoms with Gasteiger partial charge in [-0.15, -0.1) is 0 Å². The summed E-state index contributed by atoms with van der Waals surface area (Å²) in [6.07, 6.45) is 0. The fourth-order valence-corrected chi connectivity index (χ4v) is 2.40. The number of carbonyl (C=O) groups is 1. The molecule has 0 aliphatic carbocycles. The quantitative estimate of drug-likeness (QED) is 0.889. The van der Waals surface area contributed by atoms with E-state index in [-0.39, 0.29) is 11.9 Å². The van der Waals surface area contributed by atoms with Gasteiger partial charge in [-0.25, -0.2) is 0 Å². The first-order valence-electron chi connectivity index (χ1n) is 6.86. The van der Waals surface area contributed by atoms with Crippen molar-refractivity contribution in [3.05, 3.63) is 64.2 Å². The fourth-order valence-electron chi connectivity index (χ4n) is 2.20. The van der Waals surface area contributed by atoms with E-state index in [0.717, 1.165) is 21.8 Å². The van der Waals surface area contributed by atoms with Crippen molar-refractivity contribution in [2.45, 2.75) is 19.9 Å². The molecule has 2 aromatic carbocycles. The van der Waals surface area contributed by atoms with Gasteiger partial charge in [0.05, 0.1) is 0 Å². The van der Waals surface area contributed by atoms with Crippen LogP contribution in [0.1, 0.15) is 34.5 Å². The van der Waals surface area contributed by atoms with Gasteiger partial charge in [-0.1, -0.05) is 23.7 Å². The van der Waals surface area contributed by atoms with Crippen LogP contribution < -0.4 is 10.6 Å². The van der Waals surface area contributed by atoms with Gasteiger partial charge in [0.25, 0.3) is 5.91 Å². The lowest BCUT2D eigenvalue weighted by atomic mass is 10.1. The molecule has 0 aliphatic rings. The molecule has 0 aliphatic heterocycles. The van der Waals surface area contributed by atoms with Crippen LogP contribution in [0.3, 0.4) is 0 Å². The number of carbonyl (C=O) groups excluding carboxylic acids is 1. The maximum absolute atomic E-state index is 11.6. The van der Waals surface area contributed by atoms with Crippen molar-refractivity contribution < 1.29 is 4.79 Å². The Morgan fingerprint density at radius 1 is 1.19 bits per heavy atom. The molecule has 0 spiro atoms. The largest absolute Gasteiger partial charge is 0.378 e. The molecule has 0 saturated carbocycles. The Morgan fingerprint density at radius 2 is 1.95 bits per heavy atom. The van der Waals surface area contributed by atoms with Crippen LogP contribution in [-0.2, 0) is 0 Å². The van der Waals surface area contributed by atoms with Gasteiger partial charge in [0.2, 0.25) is 0 Å². The topological polar surface area (TPSA) is 41.1 Å². The molecular weight excluding hydrogens is 284 g/mol. The molecule has 0 bridgehead atoms. The monoisotopic (exact) mass is 302 g/mol. The minimum absolute atomic E-state index is 0.0764.